The third kappa shape index (κ3) is 3.18. The average molecular weight is 247 g/mol. The highest BCUT2D eigenvalue weighted by Gasteiger charge is 2.29. The molecule has 1 aromatic heterocycles. The minimum Gasteiger partial charge on any atom is -0.382 e. The summed E-state index contributed by atoms with van der Waals surface area (Å²) in [7, 11) is 0. The Bertz CT molecular complexity index is 408. The molecule has 1 saturated carbocycles. The molecule has 0 amide bonds. The second kappa shape index (κ2) is 5.33. The van der Waals surface area contributed by atoms with Crippen molar-refractivity contribution in [2.45, 2.75) is 39.2 Å². The maximum absolute atomic E-state index is 7.31. The van der Waals surface area contributed by atoms with Gasteiger partial charge in [0.25, 0.3) is 0 Å². The summed E-state index contributed by atoms with van der Waals surface area (Å²) in [5, 5.41) is 7.31. The van der Waals surface area contributed by atoms with E-state index in [1.54, 1.807) is 12.4 Å². The Labute approximate surface area is 108 Å². The van der Waals surface area contributed by atoms with Gasteiger partial charge in [0.05, 0.1) is 12.4 Å². The zero-order chi connectivity index (χ0) is 13.1. The van der Waals surface area contributed by atoms with E-state index < -0.39 is 0 Å². The van der Waals surface area contributed by atoms with Crippen LogP contribution in [0.2, 0.25) is 0 Å². The first-order valence-electron chi connectivity index (χ1n) is 6.51. The first-order chi connectivity index (χ1) is 8.58. The Morgan fingerprint density at radius 2 is 2.17 bits per heavy atom. The van der Waals surface area contributed by atoms with Crippen LogP contribution in [-0.4, -0.2) is 28.4 Å². The van der Waals surface area contributed by atoms with Crippen molar-refractivity contribution >= 4 is 11.7 Å². The maximum atomic E-state index is 7.31. The van der Waals surface area contributed by atoms with Crippen LogP contribution < -0.4 is 10.6 Å². The van der Waals surface area contributed by atoms with Crippen molar-refractivity contribution in [2.75, 3.05) is 11.4 Å². The van der Waals surface area contributed by atoms with Gasteiger partial charge in [-0.2, -0.15) is 0 Å². The smallest absolute Gasteiger partial charge is 0.147 e. The van der Waals surface area contributed by atoms with Gasteiger partial charge in [-0.3, -0.25) is 5.41 Å². The molecule has 1 aromatic rings. The number of nitrogens with one attached hydrogen (secondary N) is 1. The van der Waals surface area contributed by atoms with Crippen LogP contribution in [0.3, 0.4) is 0 Å². The zero-order valence-electron chi connectivity index (χ0n) is 11.1. The van der Waals surface area contributed by atoms with Crippen molar-refractivity contribution in [2.24, 2.45) is 11.7 Å². The van der Waals surface area contributed by atoms with Crippen LogP contribution >= 0.6 is 0 Å². The summed E-state index contributed by atoms with van der Waals surface area (Å²) in [6.07, 6.45) is 6.97. The van der Waals surface area contributed by atoms with Gasteiger partial charge < -0.3 is 10.6 Å². The van der Waals surface area contributed by atoms with E-state index in [-0.39, 0.29) is 5.84 Å². The summed E-state index contributed by atoms with van der Waals surface area (Å²) in [5.74, 6) is 1.56. The van der Waals surface area contributed by atoms with Crippen LogP contribution in [0.25, 0.3) is 0 Å². The summed E-state index contributed by atoms with van der Waals surface area (Å²) < 4.78 is 0. The lowest BCUT2D eigenvalue weighted by Gasteiger charge is -2.24. The van der Waals surface area contributed by atoms with E-state index in [4.69, 9.17) is 11.1 Å². The summed E-state index contributed by atoms with van der Waals surface area (Å²) >= 11 is 0. The zero-order valence-corrected chi connectivity index (χ0v) is 11.1. The molecule has 5 heteroatoms. The van der Waals surface area contributed by atoms with Crippen LogP contribution in [0, 0.1) is 11.3 Å². The summed E-state index contributed by atoms with van der Waals surface area (Å²) in [6.45, 7) is 5.49. The van der Waals surface area contributed by atoms with Crippen molar-refractivity contribution in [1.29, 1.82) is 5.41 Å². The number of hydrogen-bond donors (Lipinski definition) is 2. The van der Waals surface area contributed by atoms with Crippen LogP contribution in [0.5, 0.6) is 0 Å². The fraction of sp³-hybridized carbons (Fsp3) is 0.615. The molecule has 0 atom stereocenters. The largest absolute Gasteiger partial charge is 0.382 e. The minimum absolute atomic E-state index is 0.0331. The van der Waals surface area contributed by atoms with E-state index in [0.29, 0.717) is 17.7 Å². The molecule has 0 saturated heterocycles. The predicted molar refractivity (Wildman–Crippen MR) is 72.9 cm³/mol. The second-order valence-electron chi connectivity index (χ2n) is 5.28. The lowest BCUT2D eigenvalue weighted by atomic mass is 10.1. The van der Waals surface area contributed by atoms with E-state index in [9.17, 15) is 0 Å². The number of anilines is 1. The first-order valence-corrected chi connectivity index (χ1v) is 6.51. The Kier molecular flexibility index (Phi) is 3.79. The Hall–Kier alpha value is -1.65. The Balaban J connectivity index is 2.07. The summed E-state index contributed by atoms with van der Waals surface area (Å²) in [5.41, 5.74) is 5.82. The molecule has 1 heterocycles. The third-order valence-electron chi connectivity index (χ3n) is 3.14. The predicted octanol–water partition coefficient (Wildman–Crippen LogP) is 1.78. The van der Waals surface area contributed by atoms with Crippen molar-refractivity contribution in [1.82, 2.24) is 9.97 Å². The molecule has 1 aliphatic carbocycles. The van der Waals surface area contributed by atoms with Crippen LogP contribution in [-0.2, 0) is 0 Å². The molecule has 0 radical (unpaired) electrons. The van der Waals surface area contributed by atoms with Gasteiger partial charge >= 0.3 is 0 Å². The van der Waals surface area contributed by atoms with Crippen molar-refractivity contribution < 1.29 is 0 Å². The van der Waals surface area contributed by atoms with Gasteiger partial charge in [0.2, 0.25) is 0 Å². The molecule has 1 aliphatic rings. The fourth-order valence-electron chi connectivity index (χ4n) is 1.88. The third-order valence-corrected chi connectivity index (χ3v) is 3.14. The van der Waals surface area contributed by atoms with E-state index >= 15 is 0 Å². The molecule has 1 fully saturated rings. The van der Waals surface area contributed by atoms with Gasteiger partial charge in [0.15, 0.2) is 0 Å². The summed E-state index contributed by atoms with van der Waals surface area (Å²) in [6, 6.07) is 0.626. The molecular weight excluding hydrogens is 226 g/mol. The molecule has 0 unspecified atom stereocenters. The van der Waals surface area contributed by atoms with E-state index in [1.807, 2.05) is 0 Å². The SMILES string of the molecule is CC(C)CCN(c1cnc(C(=N)N)cn1)C1CC1. The summed E-state index contributed by atoms with van der Waals surface area (Å²) in [4.78, 5) is 10.9. The Morgan fingerprint density at radius 3 is 2.61 bits per heavy atom. The number of amidine groups is 1. The molecule has 0 aliphatic heterocycles. The fourth-order valence-corrected chi connectivity index (χ4v) is 1.88. The molecule has 0 bridgehead atoms. The van der Waals surface area contributed by atoms with Crippen LogP contribution in [0.1, 0.15) is 38.8 Å². The minimum atomic E-state index is -0.0331. The lowest BCUT2D eigenvalue weighted by molar-refractivity contribution is 0.568. The molecule has 98 valence electrons. The van der Waals surface area contributed by atoms with Gasteiger partial charge in [-0.15, -0.1) is 0 Å². The molecular formula is C13H21N5. The number of rotatable bonds is 6. The standard InChI is InChI=1S/C13H21N5/c1-9(2)5-6-18(10-3-4-10)12-8-16-11(7-17-12)13(14)15/h7-10H,3-6H2,1-2H3,(H3,14,15). The van der Waals surface area contributed by atoms with Gasteiger partial charge in [-0.25, -0.2) is 9.97 Å². The van der Waals surface area contributed by atoms with Crippen LogP contribution in [0.15, 0.2) is 12.4 Å². The highest BCUT2D eigenvalue weighted by molar-refractivity contribution is 5.92. The second-order valence-corrected chi connectivity index (χ2v) is 5.28. The number of nitrogen functional groups attached to an aromatic ring is 1. The number of hydrogen-bond acceptors (Lipinski definition) is 4. The first kappa shape index (κ1) is 12.8. The van der Waals surface area contributed by atoms with Crippen LogP contribution in [0.4, 0.5) is 5.82 Å². The van der Waals surface area contributed by atoms with Gasteiger partial charge in [0, 0.05) is 12.6 Å². The normalized spacial score (nSPS) is 14.8. The molecule has 2 rings (SSSR count). The monoisotopic (exact) mass is 247 g/mol. The number of aromatic nitrogens is 2. The van der Waals surface area contributed by atoms with Gasteiger partial charge in [0.1, 0.15) is 17.3 Å². The van der Waals surface area contributed by atoms with Gasteiger partial charge in [-0.1, -0.05) is 13.8 Å². The van der Waals surface area contributed by atoms with Crippen molar-refractivity contribution in [3.63, 3.8) is 0 Å². The Morgan fingerprint density at radius 1 is 1.44 bits per heavy atom. The van der Waals surface area contributed by atoms with Crippen molar-refractivity contribution in [3.05, 3.63) is 18.1 Å². The molecule has 3 N–H and O–H groups in total. The van der Waals surface area contributed by atoms with Gasteiger partial charge in [-0.05, 0) is 25.2 Å². The lowest BCUT2D eigenvalue weighted by Crippen LogP contribution is -2.29. The number of nitrogens with zero attached hydrogens (tertiary/aromatic N) is 3. The molecule has 5 nitrogen and oxygen atoms in total. The molecule has 0 spiro atoms. The highest BCUT2D eigenvalue weighted by Crippen LogP contribution is 2.30. The molecule has 18 heavy (non-hydrogen) atoms. The van der Waals surface area contributed by atoms with E-state index in [1.165, 1.54) is 12.8 Å². The average Bonchev–Trinajstić information content (AvgIpc) is 3.14. The van der Waals surface area contributed by atoms with Crippen molar-refractivity contribution in [3.8, 4) is 0 Å². The van der Waals surface area contributed by atoms with E-state index in [2.05, 4.69) is 28.7 Å². The maximum Gasteiger partial charge on any atom is 0.147 e. The molecule has 0 aromatic carbocycles. The topological polar surface area (TPSA) is 78.9 Å². The number of nitrogens with two attached hydrogens (primary N) is 1. The van der Waals surface area contributed by atoms with E-state index in [0.717, 1.165) is 18.8 Å². The quantitative estimate of drug-likeness (QED) is 0.593. The highest BCUT2D eigenvalue weighted by atomic mass is 15.2.